The first-order valence-corrected chi connectivity index (χ1v) is 49.5. The van der Waals surface area contributed by atoms with Crippen LogP contribution in [0.15, 0.2) is 455 Å². The number of nitrogens with zero attached hydrogens (tertiary/aromatic N) is 5. The fourth-order valence-corrected chi connectivity index (χ4v) is 25.9. The van der Waals surface area contributed by atoms with Crippen LogP contribution in [0.25, 0.3) is 245 Å². The van der Waals surface area contributed by atoms with Crippen LogP contribution in [0.2, 0.25) is 0 Å². The minimum atomic E-state index is -0.185. The number of para-hydroxylation sites is 5. The summed E-state index contributed by atoms with van der Waals surface area (Å²) in [5.41, 5.74) is 40.9. The highest BCUT2D eigenvalue weighted by molar-refractivity contribution is 7.26. The van der Waals surface area contributed by atoms with E-state index in [9.17, 15) is 0 Å². The average molecular weight is 1790 g/mol. The number of thiophene rings is 2. The van der Waals surface area contributed by atoms with Crippen LogP contribution in [-0.2, 0) is 18.3 Å². The molecule has 7 heteroatoms. The second-order valence-electron chi connectivity index (χ2n) is 38.3. The molecule has 0 unspecified atom stereocenters. The fourth-order valence-electron chi connectivity index (χ4n) is 23.4. The Kier molecular flexibility index (Phi) is 17.4. The second kappa shape index (κ2) is 30.5. The molecule has 30 bridgehead atoms. The number of hydrogen-bond donors (Lipinski definition) is 0. The van der Waals surface area contributed by atoms with E-state index in [0.29, 0.717) is 0 Å². The molecule has 138 heavy (non-hydrogen) atoms. The van der Waals surface area contributed by atoms with Crippen molar-refractivity contribution >= 4 is 172 Å². The summed E-state index contributed by atoms with van der Waals surface area (Å²) in [4.78, 5) is 0. The van der Waals surface area contributed by atoms with Crippen molar-refractivity contribution in [3.05, 3.63) is 488 Å². The highest BCUT2D eigenvalue weighted by Gasteiger charge is 2.31. The summed E-state index contributed by atoms with van der Waals surface area (Å²) in [6, 6.07) is 170. The van der Waals surface area contributed by atoms with Crippen molar-refractivity contribution in [2.24, 2.45) is 0 Å². The van der Waals surface area contributed by atoms with Gasteiger partial charge in [0.1, 0.15) is 0 Å². The minimum absolute atomic E-state index is 0.185. The van der Waals surface area contributed by atoms with Gasteiger partial charge in [-0.05, 0) is 283 Å². The van der Waals surface area contributed by atoms with E-state index in [-0.39, 0.29) is 5.41 Å². The second-order valence-corrected chi connectivity index (χ2v) is 40.4. The molecule has 0 fully saturated rings. The molecule has 8 heterocycles. The summed E-state index contributed by atoms with van der Waals surface area (Å²) in [5.74, 6) is 0. The summed E-state index contributed by atoms with van der Waals surface area (Å²) >= 11 is 3.83. The lowest BCUT2D eigenvalue weighted by Gasteiger charge is -2.27. The average Bonchev–Trinajstić information content (AvgIpc) is 1.20. The molecule has 0 radical (unpaired) electrons. The molecule has 5 nitrogen and oxygen atoms in total. The van der Waals surface area contributed by atoms with E-state index in [0.717, 1.165) is 12.8 Å². The Bertz CT molecular complexity index is 9810. The van der Waals surface area contributed by atoms with Crippen LogP contribution in [0.1, 0.15) is 47.2 Å². The molecule has 646 valence electrons. The van der Waals surface area contributed by atoms with Gasteiger partial charge in [0.15, 0.2) is 0 Å². The molecule has 31 rings (SSSR count). The Morgan fingerprint density at radius 3 is 0.899 bits per heavy atom. The molecular formula is C131H85N5S2. The van der Waals surface area contributed by atoms with Gasteiger partial charge in [0.2, 0.25) is 0 Å². The maximum absolute atomic E-state index is 2.50. The highest BCUT2D eigenvalue weighted by atomic mass is 32.1. The van der Waals surface area contributed by atoms with Gasteiger partial charge in [0.25, 0.3) is 0 Å². The molecule has 28 aromatic rings. The predicted molar refractivity (Wildman–Crippen MR) is 587 cm³/mol. The van der Waals surface area contributed by atoms with Crippen molar-refractivity contribution in [2.45, 2.75) is 32.1 Å². The summed E-state index contributed by atoms with van der Waals surface area (Å²) in [6.45, 7) is 4.77. The molecular weight excluding hydrogens is 1710 g/mol. The zero-order valence-corrected chi connectivity index (χ0v) is 77.4. The van der Waals surface area contributed by atoms with Crippen molar-refractivity contribution in [2.75, 3.05) is 0 Å². The lowest BCUT2D eigenvalue weighted by molar-refractivity contribution is 0.648. The van der Waals surface area contributed by atoms with Crippen molar-refractivity contribution < 1.29 is 0 Å². The topological polar surface area (TPSA) is 24.6 Å². The molecule has 0 atom stereocenters. The van der Waals surface area contributed by atoms with Gasteiger partial charge >= 0.3 is 0 Å². The van der Waals surface area contributed by atoms with Gasteiger partial charge in [-0.15, -0.1) is 22.7 Å². The van der Waals surface area contributed by atoms with Gasteiger partial charge in [0, 0.05) is 118 Å². The molecule has 0 N–H and O–H groups in total. The van der Waals surface area contributed by atoms with Crippen LogP contribution in [0.5, 0.6) is 0 Å². The van der Waals surface area contributed by atoms with Crippen LogP contribution in [0, 0.1) is 0 Å². The maximum Gasteiger partial charge on any atom is 0.0640 e. The first kappa shape index (κ1) is 78.5. The Hall–Kier alpha value is -16.9. The Morgan fingerprint density at radius 1 is 0.181 bits per heavy atom. The van der Waals surface area contributed by atoms with E-state index in [4.69, 9.17) is 0 Å². The van der Waals surface area contributed by atoms with Gasteiger partial charge in [-0.2, -0.15) is 0 Å². The molecule has 0 spiro atoms. The normalized spacial score (nSPS) is 12.9. The SMILES string of the molecule is CC1(C)c2ccc3c4ccccc4n(c3c2)-c2ccc3c4ccccc4n(c3c2)-c2cccc3c2sc2c1cccc23.c1ccc(-n2c3ccc4cc3c3cc(ccc32)-c2ccc3c(c2)c2cc(ccc2n3-c2ccccc2)-c2cccc(c2)Cc2cccc-4c2)cc1.c1ccc(-n2c3ccc4cc3c3cc(ccc32)-c2ccc3sc5ccc(cc5c3c2)-c2cccc(c2)Cc2cccc-4c2)cc1. The summed E-state index contributed by atoms with van der Waals surface area (Å²) in [7, 11) is 0. The number of fused-ring (bicyclic) bond motifs is 33. The third-order valence-electron chi connectivity index (χ3n) is 30.1. The number of benzene rings is 21. The fraction of sp³-hybridized carbons (Fsp3) is 0.0382. The monoisotopic (exact) mass is 1790 g/mol. The molecule has 1 aliphatic heterocycles. The van der Waals surface area contributed by atoms with Crippen LogP contribution < -0.4 is 0 Å². The van der Waals surface area contributed by atoms with Gasteiger partial charge < -0.3 is 22.8 Å². The van der Waals surface area contributed by atoms with E-state index in [1.54, 1.807) is 0 Å². The largest absolute Gasteiger partial charge is 0.309 e. The molecule has 3 aliphatic rings. The lowest BCUT2D eigenvalue weighted by Crippen LogP contribution is -2.19. The Labute approximate surface area is 804 Å². The van der Waals surface area contributed by atoms with E-state index < -0.39 is 0 Å². The molecule has 2 aliphatic carbocycles. The van der Waals surface area contributed by atoms with Gasteiger partial charge in [-0.25, -0.2) is 0 Å². The number of aromatic nitrogens is 5. The van der Waals surface area contributed by atoms with Crippen molar-refractivity contribution in [3.8, 4) is 95.2 Å². The number of rotatable bonds is 3. The van der Waals surface area contributed by atoms with E-state index in [1.807, 2.05) is 22.7 Å². The van der Waals surface area contributed by atoms with Crippen LogP contribution >= 0.6 is 22.7 Å². The third kappa shape index (κ3) is 12.3. The van der Waals surface area contributed by atoms with Crippen molar-refractivity contribution in [1.82, 2.24) is 22.8 Å². The van der Waals surface area contributed by atoms with Gasteiger partial charge in [-0.1, -0.05) is 299 Å². The smallest absolute Gasteiger partial charge is 0.0640 e. The van der Waals surface area contributed by atoms with Gasteiger partial charge in [0.05, 0.1) is 65.6 Å². The molecule has 0 amide bonds. The zero-order valence-electron chi connectivity index (χ0n) is 75.8. The van der Waals surface area contributed by atoms with E-state index >= 15 is 0 Å². The minimum Gasteiger partial charge on any atom is -0.309 e. The molecule has 7 aromatic heterocycles. The summed E-state index contributed by atoms with van der Waals surface area (Å²) in [5, 5.41) is 18.1. The van der Waals surface area contributed by atoms with Crippen LogP contribution in [0.4, 0.5) is 0 Å². The first-order valence-electron chi connectivity index (χ1n) is 47.9. The third-order valence-corrected chi connectivity index (χ3v) is 32.5. The Morgan fingerprint density at radius 2 is 0.486 bits per heavy atom. The summed E-state index contributed by atoms with van der Waals surface area (Å²) < 4.78 is 17.6. The maximum atomic E-state index is 2.50. The molecule has 0 saturated heterocycles. The Balaban J connectivity index is 0.000000100. The standard InChI is InChI=1S/C49H32N2.C43H27NS.C39H26N2S/c1-3-13-40(14-4-1)50-46-21-17-36-28-42(46)44-30-38(19-23-48(44)50)39-20-24-49-45(31-39)43-29-37(18-22-47(43)51(49)41-15-5-2-6-16-41)35-12-8-10-33(27-35)25-32-9-7-11-34(36)26-32;1-2-10-35(11-3-1)44-40-16-12-31-23-36(40)37-24-32(13-17-41(37)44)34-15-19-43-39(26-34)38-25-33(14-18-42(38)45-43)30-9-5-7-28(22-30)20-27-6-4-8-29(31)21-27;1-39(2)23-17-19-27-25-9-3-5-14-32(25)40(35(27)21-23)24-18-20-28-26-10-4-6-15-33(26)41(36(28)22-24)34-16-8-12-30-29-11-7-13-31(39)37(29)42-38(30)34/h1-24,26-31H,25H2;1-19,21-26H,20H2;3-22H,1-2H3. The summed E-state index contributed by atoms with van der Waals surface area (Å²) in [6.07, 6.45) is 1.77. The van der Waals surface area contributed by atoms with E-state index in [2.05, 4.69) is 492 Å². The van der Waals surface area contributed by atoms with Crippen LogP contribution in [-0.4, -0.2) is 22.8 Å². The molecule has 21 aromatic carbocycles. The van der Waals surface area contributed by atoms with Crippen LogP contribution in [0.3, 0.4) is 0 Å². The highest BCUT2D eigenvalue weighted by Crippen LogP contribution is 2.51. The zero-order chi connectivity index (χ0) is 90.7. The van der Waals surface area contributed by atoms with Crippen molar-refractivity contribution in [1.29, 1.82) is 0 Å². The van der Waals surface area contributed by atoms with Gasteiger partial charge in [-0.3, -0.25) is 0 Å². The first-order chi connectivity index (χ1) is 68.1. The van der Waals surface area contributed by atoms with Crippen molar-refractivity contribution in [3.63, 3.8) is 0 Å². The van der Waals surface area contributed by atoms with E-state index in [1.165, 1.54) is 278 Å². The lowest BCUT2D eigenvalue weighted by atomic mass is 9.77. The number of hydrogen-bond acceptors (Lipinski definition) is 2. The quantitative estimate of drug-likeness (QED) is 0.168. The predicted octanol–water partition coefficient (Wildman–Crippen LogP) is 35.7. The molecule has 0 saturated carbocycles.